The largest absolute Gasteiger partial charge is 0.372 e. The van der Waals surface area contributed by atoms with Gasteiger partial charge in [-0.15, -0.1) is 0 Å². The predicted octanol–water partition coefficient (Wildman–Crippen LogP) is 2.95. The molecule has 0 radical (unpaired) electrons. The van der Waals surface area contributed by atoms with Crippen LogP contribution in [0.5, 0.6) is 0 Å². The Labute approximate surface area is 103 Å². The van der Waals surface area contributed by atoms with E-state index in [1.165, 1.54) is 12.8 Å². The normalized spacial score (nSPS) is 16.9. The minimum absolute atomic E-state index is 0.118. The zero-order valence-corrected chi connectivity index (χ0v) is 10.8. The number of rotatable bonds is 5. The molecule has 17 heavy (non-hydrogen) atoms. The van der Waals surface area contributed by atoms with Gasteiger partial charge in [0, 0.05) is 19.6 Å². The Morgan fingerprint density at radius 1 is 1.47 bits per heavy atom. The van der Waals surface area contributed by atoms with Gasteiger partial charge < -0.3 is 10.2 Å². The second-order valence-electron chi connectivity index (χ2n) is 5.01. The summed E-state index contributed by atoms with van der Waals surface area (Å²) in [4.78, 5) is 2.07. The van der Waals surface area contributed by atoms with Crippen LogP contribution in [0.15, 0.2) is 18.2 Å². The number of anilines is 1. The van der Waals surface area contributed by atoms with Crippen molar-refractivity contribution in [2.24, 2.45) is 5.92 Å². The Hall–Kier alpha value is -1.09. The van der Waals surface area contributed by atoms with E-state index >= 15 is 0 Å². The molecule has 1 aliphatic rings. The molecule has 1 aromatic rings. The van der Waals surface area contributed by atoms with Crippen molar-refractivity contribution in [3.8, 4) is 0 Å². The molecule has 0 saturated heterocycles. The number of nitrogens with one attached hydrogen (secondary N) is 1. The molecule has 1 aromatic carbocycles. The smallest absolute Gasteiger partial charge is 0.146 e. The lowest BCUT2D eigenvalue weighted by Gasteiger charge is -2.25. The van der Waals surface area contributed by atoms with Gasteiger partial charge >= 0.3 is 0 Å². The summed E-state index contributed by atoms with van der Waals surface area (Å²) in [5.74, 6) is 0.644. The highest BCUT2D eigenvalue weighted by Gasteiger charge is 2.25. The second-order valence-corrected chi connectivity index (χ2v) is 5.01. The highest BCUT2D eigenvalue weighted by molar-refractivity contribution is 5.55. The molecule has 0 amide bonds. The fourth-order valence-electron chi connectivity index (χ4n) is 2.22. The fourth-order valence-corrected chi connectivity index (χ4v) is 2.22. The van der Waals surface area contributed by atoms with Gasteiger partial charge in [0.25, 0.3) is 0 Å². The van der Waals surface area contributed by atoms with Crippen molar-refractivity contribution in [2.45, 2.75) is 25.8 Å². The van der Waals surface area contributed by atoms with Crippen LogP contribution in [-0.4, -0.2) is 20.6 Å². The van der Waals surface area contributed by atoms with Gasteiger partial charge in [-0.2, -0.15) is 0 Å². The third-order valence-corrected chi connectivity index (χ3v) is 3.53. The second kappa shape index (κ2) is 5.05. The molecule has 0 aliphatic heterocycles. The molecule has 3 heteroatoms. The quantitative estimate of drug-likeness (QED) is 0.845. The molecule has 1 saturated carbocycles. The van der Waals surface area contributed by atoms with E-state index in [2.05, 4.69) is 17.1 Å². The maximum absolute atomic E-state index is 14.0. The standard InChI is InChI=1S/C14H21FN2/c1-10(16-2)12-5-4-6-13(15)14(12)17(3)9-11-7-8-11/h4-6,10-11,16H,7-9H2,1-3H3. The summed E-state index contributed by atoms with van der Waals surface area (Å²) in [7, 11) is 3.89. The van der Waals surface area contributed by atoms with Gasteiger partial charge in [0.15, 0.2) is 0 Å². The summed E-state index contributed by atoms with van der Waals surface area (Å²) in [6.07, 6.45) is 2.57. The highest BCUT2D eigenvalue weighted by Crippen LogP contribution is 2.34. The average molecular weight is 236 g/mol. The zero-order valence-electron chi connectivity index (χ0n) is 10.8. The molecule has 0 bridgehead atoms. The summed E-state index contributed by atoms with van der Waals surface area (Å²) in [6, 6.07) is 5.50. The van der Waals surface area contributed by atoms with Crippen LogP contribution in [0.1, 0.15) is 31.4 Å². The van der Waals surface area contributed by atoms with E-state index in [0.29, 0.717) is 0 Å². The molecule has 0 aromatic heterocycles. The summed E-state index contributed by atoms with van der Waals surface area (Å²) >= 11 is 0. The molecule has 94 valence electrons. The summed E-state index contributed by atoms with van der Waals surface area (Å²) < 4.78 is 14.0. The fraction of sp³-hybridized carbons (Fsp3) is 0.571. The van der Waals surface area contributed by atoms with Crippen molar-refractivity contribution >= 4 is 5.69 Å². The minimum Gasteiger partial charge on any atom is -0.372 e. The summed E-state index contributed by atoms with van der Waals surface area (Å²) in [5, 5.41) is 3.18. The van der Waals surface area contributed by atoms with E-state index in [1.54, 1.807) is 12.1 Å². The molecular weight excluding hydrogens is 215 g/mol. The average Bonchev–Trinajstić information content (AvgIpc) is 3.11. The number of benzene rings is 1. The molecule has 1 aliphatic carbocycles. The SMILES string of the molecule is CNC(C)c1cccc(F)c1N(C)CC1CC1. The van der Waals surface area contributed by atoms with Gasteiger partial charge in [0.1, 0.15) is 5.82 Å². The maximum atomic E-state index is 14.0. The Bertz CT molecular complexity index is 388. The van der Waals surface area contributed by atoms with Crippen molar-refractivity contribution in [3.63, 3.8) is 0 Å². The van der Waals surface area contributed by atoms with Crippen molar-refractivity contribution < 1.29 is 4.39 Å². The first-order valence-corrected chi connectivity index (χ1v) is 6.30. The Morgan fingerprint density at radius 2 is 2.18 bits per heavy atom. The highest BCUT2D eigenvalue weighted by atomic mass is 19.1. The molecular formula is C14H21FN2. The first-order valence-electron chi connectivity index (χ1n) is 6.30. The van der Waals surface area contributed by atoms with Gasteiger partial charge in [-0.3, -0.25) is 0 Å². The summed E-state index contributed by atoms with van der Waals surface area (Å²) in [6.45, 7) is 3.02. The molecule has 0 heterocycles. The van der Waals surface area contributed by atoms with Crippen LogP contribution in [0.25, 0.3) is 0 Å². The molecule has 1 N–H and O–H groups in total. The lowest BCUT2D eigenvalue weighted by atomic mass is 10.0. The van der Waals surface area contributed by atoms with Gasteiger partial charge in [-0.1, -0.05) is 12.1 Å². The van der Waals surface area contributed by atoms with Crippen LogP contribution in [0, 0.1) is 11.7 Å². The number of halogens is 1. The maximum Gasteiger partial charge on any atom is 0.146 e. The number of nitrogens with zero attached hydrogens (tertiary/aromatic N) is 1. The third-order valence-electron chi connectivity index (χ3n) is 3.53. The zero-order chi connectivity index (χ0) is 12.4. The third kappa shape index (κ3) is 2.78. The minimum atomic E-state index is -0.118. The van der Waals surface area contributed by atoms with Crippen LogP contribution < -0.4 is 10.2 Å². The Kier molecular flexibility index (Phi) is 3.67. The van der Waals surface area contributed by atoms with Crippen molar-refractivity contribution in [2.75, 3.05) is 25.5 Å². The van der Waals surface area contributed by atoms with Gasteiger partial charge in [0.2, 0.25) is 0 Å². The van der Waals surface area contributed by atoms with Crippen molar-refractivity contribution in [1.82, 2.24) is 5.32 Å². The predicted molar refractivity (Wildman–Crippen MR) is 69.9 cm³/mol. The van der Waals surface area contributed by atoms with E-state index in [0.717, 1.165) is 23.7 Å². The van der Waals surface area contributed by atoms with E-state index < -0.39 is 0 Å². The van der Waals surface area contributed by atoms with Gasteiger partial charge in [-0.05, 0) is 44.4 Å². The van der Waals surface area contributed by atoms with Gasteiger partial charge in [0.05, 0.1) is 5.69 Å². The lowest BCUT2D eigenvalue weighted by Crippen LogP contribution is -2.25. The summed E-state index contributed by atoms with van der Waals surface area (Å²) in [5.41, 5.74) is 1.79. The van der Waals surface area contributed by atoms with E-state index in [-0.39, 0.29) is 11.9 Å². The molecule has 2 nitrogen and oxygen atoms in total. The lowest BCUT2D eigenvalue weighted by molar-refractivity contribution is 0.599. The van der Waals surface area contributed by atoms with Crippen molar-refractivity contribution in [3.05, 3.63) is 29.6 Å². The number of para-hydroxylation sites is 1. The first kappa shape index (κ1) is 12.4. The number of hydrogen-bond donors (Lipinski definition) is 1. The van der Waals surface area contributed by atoms with E-state index in [1.807, 2.05) is 20.2 Å². The molecule has 1 unspecified atom stereocenters. The van der Waals surface area contributed by atoms with Gasteiger partial charge in [-0.25, -0.2) is 4.39 Å². The Morgan fingerprint density at radius 3 is 2.76 bits per heavy atom. The molecule has 2 rings (SSSR count). The topological polar surface area (TPSA) is 15.3 Å². The molecule has 1 atom stereocenters. The number of hydrogen-bond acceptors (Lipinski definition) is 2. The molecule has 0 spiro atoms. The van der Waals surface area contributed by atoms with Crippen LogP contribution in [0.3, 0.4) is 0 Å². The van der Waals surface area contributed by atoms with Crippen LogP contribution in [0.2, 0.25) is 0 Å². The first-order chi connectivity index (χ1) is 8.13. The Balaban J connectivity index is 2.28. The molecule has 1 fully saturated rings. The van der Waals surface area contributed by atoms with Crippen molar-refractivity contribution in [1.29, 1.82) is 0 Å². The monoisotopic (exact) mass is 236 g/mol. The van der Waals surface area contributed by atoms with E-state index in [4.69, 9.17) is 0 Å². The van der Waals surface area contributed by atoms with Crippen LogP contribution in [0.4, 0.5) is 10.1 Å². The van der Waals surface area contributed by atoms with E-state index in [9.17, 15) is 4.39 Å². The van der Waals surface area contributed by atoms with Crippen LogP contribution in [-0.2, 0) is 0 Å². The van der Waals surface area contributed by atoms with Crippen LogP contribution >= 0.6 is 0 Å².